The zero-order valence-corrected chi connectivity index (χ0v) is 40.7. The Morgan fingerprint density at radius 2 is 1.60 bits per heavy atom. The number of aryl methyl sites for hydroxylation is 1. The monoisotopic (exact) mass is 937 g/mol. The Hall–Kier alpha value is -5.87. The van der Waals surface area contributed by atoms with E-state index in [2.05, 4.69) is 5.32 Å². The molecule has 17 nitrogen and oxygen atoms in total. The number of nitrogens with zero attached hydrogens (tertiary/aromatic N) is 3. The molecule has 17 heteroatoms. The number of ketones is 1. The van der Waals surface area contributed by atoms with Gasteiger partial charge in [-0.3, -0.25) is 14.4 Å². The zero-order valence-electron chi connectivity index (χ0n) is 40.7. The second-order valence-corrected chi connectivity index (χ2v) is 17.9. The number of Topliss-reactive ketones (excluding diaryl/α,β-unsaturated/α-hetero) is 1. The van der Waals surface area contributed by atoms with Crippen LogP contribution in [0.1, 0.15) is 123 Å². The zero-order chi connectivity index (χ0) is 49.1. The molecule has 2 aromatic rings. The Bertz CT molecular complexity index is 2000. The fourth-order valence-electron chi connectivity index (χ4n) is 7.90. The standard InChI is InChI=1S/C50H72N4O13/c1-9-11-29-65-47(59)43(34(3)4)53-27-16-28-54(48(53)60)49(61)66-30-15-20-42(55)51-25-31-64-37-18-14-17-36(33-37)39(23-21-35-22-24-40(62-7)41(32-35)63-8)67-46(58)38-19-12-13-26-52(38)45(57)44(56)50(5,6)10-2/h14,17-18,22,24,32-34,38-39,43H,9-13,15-16,19-21,23,25-31H2,1-8H3,(H,51,55)/t38-,39+,43?/m0/s1. The van der Waals surface area contributed by atoms with Crippen molar-refractivity contribution in [3.8, 4) is 17.2 Å². The summed E-state index contributed by atoms with van der Waals surface area (Å²) in [6.45, 7) is 12.2. The van der Waals surface area contributed by atoms with E-state index in [4.69, 9.17) is 28.4 Å². The van der Waals surface area contributed by atoms with E-state index in [-0.39, 0.29) is 64.1 Å². The lowest BCUT2D eigenvalue weighted by Crippen LogP contribution is -2.58. The Balaban J connectivity index is 1.32. The molecule has 67 heavy (non-hydrogen) atoms. The van der Waals surface area contributed by atoms with Gasteiger partial charge in [0.25, 0.3) is 5.91 Å². The van der Waals surface area contributed by atoms with Gasteiger partial charge in [-0.2, -0.15) is 0 Å². The van der Waals surface area contributed by atoms with E-state index in [9.17, 15) is 33.6 Å². The summed E-state index contributed by atoms with van der Waals surface area (Å²) < 4.78 is 33.9. The van der Waals surface area contributed by atoms with Gasteiger partial charge in [-0.25, -0.2) is 24.1 Å². The van der Waals surface area contributed by atoms with E-state index in [1.54, 1.807) is 46.3 Å². The predicted octanol–water partition coefficient (Wildman–Crippen LogP) is 7.21. The number of ether oxygens (including phenoxy) is 6. The van der Waals surface area contributed by atoms with Crippen LogP contribution in [0.5, 0.6) is 17.2 Å². The molecular weight excluding hydrogens is 865 g/mol. The van der Waals surface area contributed by atoms with Crippen LogP contribution in [0.3, 0.4) is 0 Å². The molecule has 370 valence electrons. The number of amides is 5. The molecule has 3 atom stereocenters. The van der Waals surface area contributed by atoms with Gasteiger partial charge in [-0.1, -0.05) is 66.2 Å². The van der Waals surface area contributed by atoms with Gasteiger partial charge in [-0.05, 0) is 99.1 Å². The van der Waals surface area contributed by atoms with Crippen LogP contribution in [0.4, 0.5) is 9.59 Å². The van der Waals surface area contributed by atoms with Crippen LogP contribution in [-0.2, 0) is 44.6 Å². The summed E-state index contributed by atoms with van der Waals surface area (Å²) >= 11 is 0. The number of carbonyl (C=O) groups excluding carboxylic acids is 7. The van der Waals surface area contributed by atoms with Crippen LogP contribution in [0, 0.1) is 11.3 Å². The van der Waals surface area contributed by atoms with Crippen LogP contribution in [-0.4, -0.2) is 129 Å². The van der Waals surface area contributed by atoms with Crippen molar-refractivity contribution in [3.63, 3.8) is 0 Å². The first-order valence-corrected chi connectivity index (χ1v) is 23.7. The maximum atomic E-state index is 14.0. The average Bonchev–Trinajstić information content (AvgIpc) is 3.32. The van der Waals surface area contributed by atoms with Gasteiger partial charge in [-0.15, -0.1) is 0 Å². The van der Waals surface area contributed by atoms with Gasteiger partial charge in [0.2, 0.25) is 11.7 Å². The van der Waals surface area contributed by atoms with Gasteiger partial charge in [0.15, 0.2) is 11.5 Å². The molecule has 0 radical (unpaired) electrons. The van der Waals surface area contributed by atoms with Gasteiger partial charge >= 0.3 is 24.1 Å². The highest BCUT2D eigenvalue weighted by Gasteiger charge is 2.42. The molecule has 2 fully saturated rings. The minimum Gasteiger partial charge on any atom is -0.493 e. The first-order valence-electron chi connectivity index (χ1n) is 23.7. The highest BCUT2D eigenvalue weighted by Crippen LogP contribution is 2.33. The number of urea groups is 1. The van der Waals surface area contributed by atoms with Crippen LogP contribution in [0.25, 0.3) is 0 Å². The van der Waals surface area contributed by atoms with Crippen molar-refractivity contribution in [2.24, 2.45) is 11.3 Å². The van der Waals surface area contributed by atoms with E-state index < -0.39 is 59.4 Å². The number of rotatable bonds is 25. The van der Waals surface area contributed by atoms with E-state index in [1.165, 1.54) is 9.80 Å². The third-order valence-electron chi connectivity index (χ3n) is 12.3. The first kappa shape index (κ1) is 53.7. The van der Waals surface area contributed by atoms with Crippen molar-refractivity contribution in [1.29, 1.82) is 0 Å². The number of imide groups is 1. The van der Waals surface area contributed by atoms with E-state index in [0.29, 0.717) is 80.7 Å². The van der Waals surface area contributed by atoms with Gasteiger partial charge in [0.1, 0.15) is 30.5 Å². The molecule has 2 aromatic carbocycles. The third-order valence-corrected chi connectivity index (χ3v) is 12.3. The molecule has 2 heterocycles. The van der Waals surface area contributed by atoms with E-state index in [1.807, 2.05) is 52.0 Å². The fraction of sp³-hybridized carbons (Fsp3) is 0.620. The quantitative estimate of drug-likeness (QED) is 0.0454. The molecule has 2 saturated heterocycles. The number of piperidine rings is 1. The van der Waals surface area contributed by atoms with Crippen molar-refractivity contribution in [2.45, 2.75) is 130 Å². The summed E-state index contributed by atoms with van der Waals surface area (Å²) in [6.07, 6.45) is 3.86. The molecule has 4 rings (SSSR count). The molecule has 0 spiro atoms. The predicted molar refractivity (Wildman–Crippen MR) is 249 cm³/mol. The number of benzene rings is 2. The highest BCUT2D eigenvalue weighted by atomic mass is 16.6. The lowest BCUT2D eigenvalue weighted by atomic mass is 9.84. The van der Waals surface area contributed by atoms with Gasteiger partial charge < -0.3 is 43.5 Å². The average molecular weight is 937 g/mol. The van der Waals surface area contributed by atoms with Crippen LogP contribution < -0.4 is 19.5 Å². The molecule has 1 N–H and O–H groups in total. The molecule has 0 aromatic heterocycles. The first-order chi connectivity index (χ1) is 32.1. The molecular formula is C50H72N4O13. The van der Waals surface area contributed by atoms with E-state index in [0.717, 1.165) is 16.9 Å². The van der Waals surface area contributed by atoms with Crippen molar-refractivity contribution >= 4 is 41.7 Å². The maximum absolute atomic E-state index is 14.0. The number of likely N-dealkylation sites (tertiary alicyclic amines) is 1. The number of hydrogen-bond donors (Lipinski definition) is 1. The lowest BCUT2D eigenvalue weighted by molar-refractivity contribution is -0.164. The summed E-state index contributed by atoms with van der Waals surface area (Å²) in [6, 6.07) is 10.4. The number of esters is 2. The number of methoxy groups -OCH3 is 2. The second-order valence-electron chi connectivity index (χ2n) is 17.9. The molecule has 2 aliphatic heterocycles. The summed E-state index contributed by atoms with van der Waals surface area (Å²) in [5.74, 6) is -1.16. The molecule has 1 unspecified atom stereocenters. The van der Waals surface area contributed by atoms with Gasteiger partial charge in [0.05, 0.1) is 34.0 Å². The Morgan fingerprint density at radius 3 is 2.30 bits per heavy atom. The molecule has 0 saturated carbocycles. The Morgan fingerprint density at radius 1 is 0.851 bits per heavy atom. The van der Waals surface area contributed by atoms with E-state index >= 15 is 0 Å². The minimum atomic E-state index is -0.905. The lowest BCUT2D eigenvalue weighted by Gasteiger charge is -2.39. The smallest absolute Gasteiger partial charge is 0.417 e. The van der Waals surface area contributed by atoms with Crippen LogP contribution in [0.2, 0.25) is 0 Å². The van der Waals surface area contributed by atoms with Crippen molar-refractivity contribution in [2.75, 3.05) is 60.2 Å². The Kier molecular flexibility index (Phi) is 21.2. The maximum Gasteiger partial charge on any atom is 0.417 e. The highest BCUT2D eigenvalue weighted by molar-refractivity contribution is 6.38. The molecule has 0 bridgehead atoms. The third kappa shape index (κ3) is 15.3. The fourth-order valence-corrected chi connectivity index (χ4v) is 7.90. The van der Waals surface area contributed by atoms with Crippen molar-refractivity contribution in [1.82, 2.24) is 20.0 Å². The van der Waals surface area contributed by atoms with Crippen molar-refractivity contribution < 1.29 is 62.0 Å². The normalized spacial score (nSPS) is 16.2. The summed E-state index contributed by atoms with van der Waals surface area (Å²) in [5, 5.41) is 2.79. The second kappa shape index (κ2) is 26.5. The van der Waals surface area contributed by atoms with Crippen LogP contribution >= 0.6 is 0 Å². The van der Waals surface area contributed by atoms with Crippen molar-refractivity contribution in [3.05, 3.63) is 53.6 Å². The summed E-state index contributed by atoms with van der Waals surface area (Å²) in [5.41, 5.74) is 0.715. The molecule has 0 aliphatic carbocycles. The minimum absolute atomic E-state index is 0.0591. The molecule has 5 amide bonds. The van der Waals surface area contributed by atoms with Crippen LogP contribution in [0.15, 0.2) is 42.5 Å². The topological polar surface area (TPSA) is 197 Å². The SMILES string of the molecule is CCCCOC(=O)C(C(C)C)N1CCCN(C(=O)OCCCC(=O)NCCOc2cccc([C@@H](CCc3ccc(OC)c(OC)c3)OC(=O)[C@@H]3CCCCN3C(=O)C(=O)C(C)(C)CC)c2)C1=O. The number of hydrogen-bond acceptors (Lipinski definition) is 13. The number of unbranched alkanes of at least 4 members (excludes halogenated alkanes) is 1. The van der Waals surface area contributed by atoms with Gasteiger partial charge in [0, 0.05) is 31.5 Å². The number of carbonyl (C=O) groups is 7. The molecule has 2 aliphatic rings. The summed E-state index contributed by atoms with van der Waals surface area (Å²) in [7, 11) is 3.12. The largest absolute Gasteiger partial charge is 0.493 e. The summed E-state index contributed by atoms with van der Waals surface area (Å²) in [4.78, 5) is 96.3. The number of nitrogens with one attached hydrogen (secondary N) is 1. The Labute approximate surface area is 395 Å².